The minimum Gasteiger partial charge on any atom is -0.491 e. The Labute approximate surface area is 112 Å². The molecule has 0 aliphatic carbocycles. The summed E-state index contributed by atoms with van der Waals surface area (Å²) < 4.78 is 24.6. The molecule has 0 fully saturated rings. The lowest BCUT2D eigenvalue weighted by Crippen LogP contribution is -2.06. The molecule has 0 bridgehead atoms. The van der Waals surface area contributed by atoms with Gasteiger partial charge in [0.1, 0.15) is 12.4 Å². The van der Waals surface area contributed by atoms with Crippen molar-refractivity contribution in [3.63, 3.8) is 0 Å². The Kier molecular flexibility index (Phi) is 4.39. The fourth-order valence-electron chi connectivity index (χ4n) is 1.68. The Balaban J connectivity index is 2.06. The van der Waals surface area contributed by atoms with Crippen molar-refractivity contribution in [1.82, 2.24) is 0 Å². The van der Waals surface area contributed by atoms with E-state index in [0.717, 1.165) is 5.56 Å². The zero-order chi connectivity index (χ0) is 13.7. The van der Waals surface area contributed by atoms with Crippen LogP contribution in [0.25, 0.3) is 0 Å². The smallest absolute Gasteiger partial charge is 0.165 e. The van der Waals surface area contributed by atoms with Crippen molar-refractivity contribution in [1.29, 1.82) is 0 Å². The molecule has 0 aromatic heterocycles. The molecule has 2 aromatic carbocycles. The Hall–Kier alpha value is -2.03. The molecule has 0 unspecified atom stereocenters. The van der Waals surface area contributed by atoms with Crippen LogP contribution < -0.4 is 9.47 Å². The lowest BCUT2D eigenvalue weighted by molar-refractivity contribution is 0.237. The molecule has 0 atom stereocenters. The van der Waals surface area contributed by atoms with Crippen molar-refractivity contribution in [3.8, 4) is 11.5 Å². The first-order valence-electron chi connectivity index (χ1n) is 6.28. The summed E-state index contributed by atoms with van der Waals surface area (Å²) in [6.07, 6.45) is 0.0486. The van der Waals surface area contributed by atoms with E-state index in [0.29, 0.717) is 12.4 Å². The van der Waals surface area contributed by atoms with E-state index in [-0.39, 0.29) is 17.7 Å². The molecule has 100 valence electrons. The molecule has 2 aromatic rings. The molecule has 0 radical (unpaired) electrons. The molecular formula is C16H17FO2. The largest absolute Gasteiger partial charge is 0.491 e. The molecule has 0 heterocycles. The Morgan fingerprint density at radius 2 is 1.79 bits per heavy atom. The number of benzene rings is 2. The molecule has 0 aliphatic rings. The van der Waals surface area contributed by atoms with Crippen molar-refractivity contribution in [2.45, 2.75) is 26.6 Å². The van der Waals surface area contributed by atoms with Gasteiger partial charge in [-0.05, 0) is 31.5 Å². The molecule has 0 saturated heterocycles. The maximum Gasteiger partial charge on any atom is 0.165 e. The first-order valence-corrected chi connectivity index (χ1v) is 6.28. The van der Waals surface area contributed by atoms with E-state index in [1.165, 1.54) is 6.07 Å². The maximum absolute atomic E-state index is 13.6. The van der Waals surface area contributed by atoms with Crippen molar-refractivity contribution < 1.29 is 13.9 Å². The molecule has 0 aliphatic heterocycles. The number of hydrogen-bond donors (Lipinski definition) is 0. The normalized spacial score (nSPS) is 10.5. The number of hydrogen-bond acceptors (Lipinski definition) is 2. The lowest BCUT2D eigenvalue weighted by Gasteiger charge is -2.12. The highest BCUT2D eigenvalue weighted by Crippen LogP contribution is 2.25. The van der Waals surface area contributed by atoms with E-state index in [1.807, 2.05) is 44.2 Å². The van der Waals surface area contributed by atoms with Gasteiger partial charge in [-0.25, -0.2) is 4.39 Å². The average molecular weight is 260 g/mol. The van der Waals surface area contributed by atoms with Crippen molar-refractivity contribution in [3.05, 3.63) is 59.9 Å². The van der Waals surface area contributed by atoms with Gasteiger partial charge in [0.2, 0.25) is 0 Å². The average Bonchev–Trinajstić information content (AvgIpc) is 2.40. The van der Waals surface area contributed by atoms with E-state index < -0.39 is 0 Å². The Morgan fingerprint density at radius 3 is 2.47 bits per heavy atom. The molecule has 19 heavy (non-hydrogen) atoms. The van der Waals surface area contributed by atoms with Crippen LogP contribution in [0.15, 0.2) is 48.5 Å². The van der Waals surface area contributed by atoms with E-state index in [1.54, 1.807) is 12.1 Å². The van der Waals surface area contributed by atoms with Crippen LogP contribution in [0.5, 0.6) is 11.5 Å². The highest BCUT2D eigenvalue weighted by atomic mass is 19.1. The zero-order valence-corrected chi connectivity index (χ0v) is 11.1. The van der Waals surface area contributed by atoms with Gasteiger partial charge in [0.25, 0.3) is 0 Å². The third-order valence-corrected chi connectivity index (χ3v) is 2.51. The highest BCUT2D eigenvalue weighted by Gasteiger charge is 2.07. The Bertz CT molecular complexity index is 524. The quantitative estimate of drug-likeness (QED) is 0.802. The number of rotatable bonds is 5. The summed E-state index contributed by atoms with van der Waals surface area (Å²) in [5.74, 6) is 0.438. The third-order valence-electron chi connectivity index (χ3n) is 2.51. The van der Waals surface area contributed by atoms with Crippen molar-refractivity contribution in [2.24, 2.45) is 0 Å². The Morgan fingerprint density at radius 1 is 1.05 bits per heavy atom. The fourth-order valence-corrected chi connectivity index (χ4v) is 1.68. The predicted octanol–water partition coefficient (Wildman–Crippen LogP) is 4.19. The van der Waals surface area contributed by atoms with Crippen molar-refractivity contribution >= 4 is 0 Å². The fraction of sp³-hybridized carbons (Fsp3) is 0.250. The molecule has 2 rings (SSSR count). The predicted molar refractivity (Wildman–Crippen MR) is 72.9 cm³/mol. The van der Waals surface area contributed by atoms with Crippen LogP contribution in [0.4, 0.5) is 4.39 Å². The minimum atomic E-state index is -0.382. The van der Waals surface area contributed by atoms with Crippen LogP contribution in [0.1, 0.15) is 19.4 Å². The van der Waals surface area contributed by atoms with E-state index in [4.69, 9.17) is 9.47 Å². The van der Waals surface area contributed by atoms with Gasteiger partial charge in [-0.3, -0.25) is 0 Å². The molecule has 2 nitrogen and oxygen atoms in total. The monoisotopic (exact) mass is 260 g/mol. The van der Waals surface area contributed by atoms with Gasteiger partial charge in [0.05, 0.1) is 6.10 Å². The summed E-state index contributed by atoms with van der Waals surface area (Å²) in [6, 6.07) is 14.2. The molecule has 0 saturated carbocycles. The minimum absolute atomic E-state index is 0.0486. The van der Waals surface area contributed by atoms with Gasteiger partial charge in [0, 0.05) is 6.07 Å². The van der Waals surface area contributed by atoms with Crippen LogP contribution in [0, 0.1) is 5.82 Å². The van der Waals surface area contributed by atoms with Crippen LogP contribution >= 0.6 is 0 Å². The third kappa shape index (κ3) is 3.98. The number of ether oxygens (including phenoxy) is 2. The maximum atomic E-state index is 13.6. The van der Waals surface area contributed by atoms with Crippen LogP contribution in [-0.2, 0) is 6.61 Å². The summed E-state index contributed by atoms with van der Waals surface area (Å²) in [7, 11) is 0. The second-order valence-corrected chi connectivity index (χ2v) is 4.53. The summed E-state index contributed by atoms with van der Waals surface area (Å²) >= 11 is 0. The van der Waals surface area contributed by atoms with Gasteiger partial charge in [-0.2, -0.15) is 0 Å². The van der Waals surface area contributed by atoms with Crippen LogP contribution in [0.2, 0.25) is 0 Å². The molecule has 0 N–H and O–H groups in total. The topological polar surface area (TPSA) is 18.5 Å². The van der Waals surface area contributed by atoms with E-state index in [9.17, 15) is 4.39 Å². The van der Waals surface area contributed by atoms with E-state index >= 15 is 0 Å². The van der Waals surface area contributed by atoms with Gasteiger partial charge < -0.3 is 9.47 Å². The molecule has 0 spiro atoms. The van der Waals surface area contributed by atoms with Crippen LogP contribution in [-0.4, -0.2) is 6.10 Å². The zero-order valence-electron chi connectivity index (χ0n) is 11.1. The summed E-state index contributed by atoms with van der Waals surface area (Å²) in [6.45, 7) is 4.19. The SMILES string of the molecule is CC(C)Oc1ccc(F)c(OCc2ccccc2)c1. The first kappa shape index (κ1) is 13.4. The molecule has 0 amide bonds. The van der Waals surface area contributed by atoms with Crippen molar-refractivity contribution in [2.75, 3.05) is 0 Å². The van der Waals surface area contributed by atoms with Gasteiger partial charge in [-0.15, -0.1) is 0 Å². The second kappa shape index (κ2) is 6.23. The summed E-state index contributed by atoms with van der Waals surface area (Å²) in [5.41, 5.74) is 0.997. The summed E-state index contributed by atoms with van der Waals surface area (Å²) in [5, 5.41) is 0. The molecular weight excluding hydrogens is 243 g/mol. The second-order valence-electron chi connectivity index (χ2n) is 4.53. The van der Waals surface area contributed by atoms with Crippen LogP contribution in [0.3, 0.4) is 0 Å². The standard InChI is InChI=1S/C16H17FO2/c1-12(2)19-14-8-9-15(17)16(10-14)18-11-13-6-4-3-5-7-13/h3-10,12H,11H2,1-2H3. The van der Waals surface area contributed by atoms with Gasteiger partial charge in [-0.1, -0.05) is 30.3 Å². The number of halogens is 1. The van der Waals surface area contributed by atoms with Gasteiger partial charge >= 0.3 is 0 Å². The van der Waals surface area contributed by atoms with Gasteiger partial charge in [0.15, 0.2) is 11.6 Å². The van der Waals surface area contributed by atoms with E-state index in [2.05, 4.69) is 0 Å². The first-order chi connectivity index (χ1) is 9.15. The lowest BCUT2D eigenvalue weighted by atomic mass is 10.2. The highest BCUT2D eigenvalue weighted by molar-refractivity contribution is 5.34. The molecule has 3 heteroatoms. The summed E-state index contributed by atoms with van der Waals surface area (Å²) in [4.78, 5) is 0.